The maximum absolute atomic E-state index is 12.6. The lowest BCUT2D eigenvalue weighted by Gasteiger charge is -2.20. The van der Waals surface area contributed by atoms with Gasteiger partial charge in [-0.2, -0.15) is 0 Å². The number of nitrogens with two attached hydrogens (primary N) is 1. The van der Waals surface area contributed by atoms with Gasteiger partial charge < -0.3 is 20.1 Å². The molecule has 0 aliphatic rings. The van der Waals surface area contributed by atoms with Gasteiger partial charge in [-0.15, -0.1) is 0 Å². The van der Waals surface area contributed by atoms with E-state index in [0.717, 1.165) is 44.9 Å². The summed E-state index contributed by atoms with van der Waals surface area (Å²) in [5.41, 5.74) is 5.36. The number of phosphoric acid groups is 1. The Labute approximate surface area is 314 Å². The Kier molecular flexibility index (Phi) is 38.9. The maximum Gasteiger partial charge on any atom is 0.472 e. The van der Waals surface area contributed by atoms with E-state index in [-0.39, 0.29) is 32.3 Å². The van der Waals surface area contributed by atoms with Gasteiger partial charge in [0.25, 0.3) is 0 Å². The third-order valence-corrected chi connectivity index (χ3v) is 9.76. The number of hydrogen-bond acceptors (Lipinski definition) is 7. The topological polar surface area (TPSA) is 117 Å². The van der Waals surface area contributed by atoms with E-state index < -0.39 is 13.9 Å². The van der Waals surface area contributed by atoms with E-state index in [9.17, 15) is 14.3 Å². The number of allylic oxidation sites excluding steroid dienone is 6. The van der Waals surface area contributed by atoms with Gasteiger partial charge in [-0.25, -0.2) is 4.57 Å². The van der Waals surface area contributed by atoms with Crippen molar-refractivity contribution >= 4 is 13.8 Å². The highest BCUT2D eigenvalue weighted by atomic mass is 31.2. The van der Waals surface area contributed by atoms with Crippen LogP contribution in [0.3, 0.4) is 0 Å². The third-order valence-electron chi connectivity index (χ3n) is 8.78. The molecule has 3 N–H and O–H groups in total. The fourth-order valence-corrected chi connectivity index (χ4v) is 6.43. The van der Waals surface area contributed by atoms with Crippen LogP contribution in [0.15, 0.2) is 36.5 Å². The Balaban J connectivity index is 4.06. The number of carbonyl (C=O) groups is 1. The molecule has 0 amide bonds. The van der Waals surface area contributed by atoms with Crippen molar-refractivity contribution in [3.05, 3.63) is 36.5 Å². The minimum Gasteiger partial charge on any atom is -0.457 e. The molecule has 0 saturated carbocycles. The van der Waals surface area contributed by atoms with Gasteiger partial charge >= 0.3 is 13.8 Å². The predicted molar refractivity (Wildman–Crippen MR) is 215 cm³/mol. The van der Waals surface area contributed by atoms with Crippen LogP contribution in [-0.4, -0.2) is 49.9 Å². The second kappa shape index (κ2) is 39.9. The van der Waals surface area contributed by atoms with Crippen LogP contribution in [0.25, 0.3) is 0 Å². The van der Waals surface area contributed by atoms with Gasteiger partial charge in [-0.3, -0.25) is 13.8 Å². The van der Waals surface area contributed by atoms with Crippen molar-refractivity contribution in [2.45, 2.75) is 193 Å². The molecule has 0 fully saturated rings. The number of esters is 1. The first-order valence-electron chi connectivity index (χ1n) is 21.0. The molecule has 0 aromatic rings. The van der Waals surface area contributed by atoms with E-state index in [0.29, 0.717) is 13.0 Å². The second-order valence-corrected chi connectivity index (χ2v) is 15.3. The highest BCUT2D eigenvalue weighted by molar-refractivity contribution is 7.47. The third kappa shape index (κ3) is 39.8. The zero-order valence-corrected chi connectivity index (χ0v) is 34.0. The van der Waals surface area contributed by atoms with Crippen molar-refractivity contribution < 1.29 is 32.8 Å². The molecule has 0 aromatic carbocycles. The lowest BCUT2D eigenvalue weighted by atomic mass is 10.1. The van der Waals surface area contributed by atoms with E-state index in [1.54, 1.807) is 0 Å². The van der Waals surface area contributed by atoms with Gasteiger partial charge in [0, 0.05) is 19.6 Å². The number of ether oxygens (including phenoxy) is 2. The zero-order chi connectivity index (χ0) is 37.4. The summed E-state index contributed by atoms with van der Waals surface area (Å²) in [6, 6.07) is 0. The highest BCUT2D eigenvalue weighted by Crippen LogP contribution is 2.43. The van der Waals surface area contributed by atoms with Crippen LogP contribution in [-0.2, 0) is 27.9 Å². The van der Waals surface area contributed by atoms with E-state index in [2.05, 4.69) is 50.3 Å². The standard InChI is InChI=1S/C42H80NO7P/c1-3-5-7-9-11-13-15-17-19-20-21-22-23-25-27-29-31-33-35-42(44)50-41(40-49-51(45,46)48-38-36-43)39-47-37-34-32-30-28-26-24-18-16-14-12-10-8-6-4-2/h13-16,19-20,41H,3-12,17-18,21-40,43H2,1-2H3,(H,45,46)/b15-13-,16-14-,20-19-. The molecule has 9 heteroatoms. The van der Waals surface area contributed by atoms with Crippen LogP contribution >= 0.6 is 7.82 Å². The van der Waals surface area contributed by atoms with Crippen molar-refractivity contribution in [2.75, 3.05) is 33.0 Å². The van der Waals surface area contributed by atoms with Crippen LogP contribution in [0.5, 0.6) is 0 Å². The highest BCUT2D eigenvalue weighted by Gasteiger charge is 2.25. The average Bonchev–Trinajstić information content (AvgIpc) is 3.12. The largest absolute Gasteiger partial charge is 0.472 e. The van der Waals surface area contributed by atoms with Gasteiger partial charge in [-0.1, -0.05) is 147 Å². The molecule has 0 aliphatic carbocycles. The Morgan fingerprint density at radius 2 is 1.04 bits per heavy atom. The Morgan fingerprint density at radius 3 is 1.55 bits per heavy atom. The number of hydrogen-bond donors (Lipinski definition) is 2. The summed E-state index contributed by atoms with van der Waals surface area (Å²) in [6.07, 6.45) is 44.4. The van der Waals surface area contributed by atoms with E-state index in [4.69, 9.17) is 24.3 Å². The van der Waals surface area contributed by atoms with E-state index >= 15 is 0 Å². The summed E-state index contributed by atoms with van der Waals surface area (Å²) >= 11 is 0. The van der Waals surface area contributed by atoms with Crippen molar-refractivity contribution in [2.24, 2.45) is 5.73 Å². The van der Waals surface area contributed by atoms with E-state index in [1.807, 2.05) is 0 Å². The molecule has 8 nitrogen and oxygen atoms in total. The monoisotopic (exact) mass is 742 g/mol. The fourth-order valence-electron chi connectivity index (χ4n) is 5.67. The summed E-state index contributed by atoms with van der Waals surface area (Å²) in [5.74, 6) is -0.340. The Hall–Kier alpha value is -1.28. The molecule has 2 unspecified atom stereocenters. The molecule has 0 rings (SSSR count). The average molecular weight is 742 g/mol. The maximum atomic E-state index is 12.6. The number of rotatable bonds is 40. The molecule has 2 atom stereocenters. The first-order valence-corrected chi connectivity index (χ1v) is 22.5. The van der Waals surface area contributed by atoms with Crippen molar-refractivity contribution in [1.82, 2.24) is 0 Å². The van der Waals surface area contributed by atoms with Crippen molar-refractivity contribution in [3.8, 4) is 0 Å². The minimum absolute atomic E-state index is 0.0976. The van der Waals surface area contributed by atoms with Crippen LogP contribution in [0.4, 0.5) is 0 Å². The SMILES string of the molecule is CCCCCC/C=C\C/C=C\CCCCCCCCCC(=O)OC(COCCCCCCCC/C=C\CCCCCC)COP(=O)(O)OCCN. The molecule has 0 aromatic heterocycles. The van der Waals surface area contributed by atoms with E-state index in [1.165, 1.54) is 122 Å². The summed E-state index contributed by atoms with van der Waals surface area (Å²) in [7, 11) is -4.28. The minimum atomic E-state index is -4.28. The molecule has 0 aliphatic heterocycles. The van der Waals surface area contributed by atoms with Crippen LogP contribution < -0.4 is 5.73 Å². The molecule has 0 radical (unpaired) electrons. The van der Waals surface area contributed by atoms with Crippen LogP contribution in [0.2, 0.25) is 0 Å². The van der Waals surface area contributed by atoms with Crippen LogP contribution in [0.1, 0.15) is 187 Å². The Bertz CT molecular complexity index is 879. The van der Waals surface area contributed by atoms with Gasteiger partial charge in [0.1, 0.15) is 6.10 Å². The van der Waals surface area contributed by atoms with Gasteiger partial charge in [-0.05, 0) is 70.6 Å². The molecular formula is C42H80NO7P. The molecule has 51 heavy (non-hydrogen) atoms. The normalized spacial score (nSPS) is 13.9. The first-order chi connectivity index (χ1) is 24.9. The summed E-state index contributed by atoms with van der Waals surface area (Å²) in [4.78, 5) is 22.4. The lowest BCUT2D eigenvalue weighted by molar-refractivity contribution is -0.154. The zero-order valence-electron chi connectivity index (χ0n) is 33.1. The summed E-state index contributed by atoms with van der Waals surface area (Å²) < 4.78 is 33.4. The summed E-state index contributed by atoms with van der Waals surface area (Å²) in [6.45, 7) is 4.87. The van der Waals surface area contributed by atoms with Crippen LogP contribution in [0, 0.1) is 0 Å². The number of carbonyl (C=O) groups excluding carboxylic acids is 1. The van der Waals surface area contributed by atoms with Gasteiger partial charge in [0.2, 0.25) is 0 Å². The second-order valence-electron chi connectivity index (χ2n) is 13.8. The van der Waals surface area contributed by atoms with Gasteiger partial charge in [0.05, 0.1) is 19.8 Å². The molecule has 0 bridgehead atoms. The quantitative estimate of drug-likeness (QED) is 0.0276. The van der Waals surface area contributed by atoms with Gasteiger partial charge in [0.15, 0.2) is 0 Å². The first kappa shape index (κ1) is 49.7. The lowest BCUT2D eigenvalue weighted by Crippen LogP contribution is -2.28. The summed E-state index contributed by atoms with van der Waals surface area (Å²) in [5, 5.41) is 0. The molecule has 0 spiro atoms. The molecule has 0 heterocycles. The number of phosphoric ester groups is 1. The van der Waals surface area contributed by atoms with Crippen molar-refractivity contribution in [1.29, 1.82) is 0 Å². The molecular weight excluding hydrogens is 661 g/mol. The molecule has 0 saturated heterocycles. The van der Waals surface area contributed by atoms with Crippen molar-refractivity contribution in [3.63, 3.8) is 0 Å². The predicted octanol–water partition coefficient (Wildman–Crippen LogP) is 12.2. The smallest absolute Gasteiger partial charge is 0.457 e. The number of unbranched alkanes of at least 4 members (excludes halogenated alkanes) is 21. The fraction of sp³-hybridized carbons (Fsp3) is 0.833. The molecule has 300 valence electrons. The Morgan fingerprint density at radius 1 is 0.588 bits per heavy atom.